The maximum atomic E-state index is 12.2. The summed E-state index contributed by atoms with van der Waals surface area (Å²) in [4.78, 5) is 14.5. The van der Waals surface area contributed by atoms with Crippen LogP contribution in [0.5, 0.6) is 0 Å². The lowest BCUT2D eigenvalue weighted by molar-refractivity contribution is -0.121. The first-order chi connectivity index (χ1) is 8.74. The smallest absolute Gasteiger partial charge is 0.242 e. The number of hydrogen-bond acceptors (Lipinski definition) is 3. The fourth-order valence-electron chi connectivity index (χ4n) is 2.79. The van der Waals surface area contributed by atoms with E-state index in [-0.39, 0.29) is 11.9 Å². The van der Waals surface area contributed by atoms with Crippen molar-refractivity contribution in [2.75, 3.05) is 31.5 Å². The van der Waals surface area contributed by atoms with Gasteiger partial charge in [-0.1, -0.05) is 12.1 Å². The van der Waals surface area contributed by atoms with Crippen molar-refractivity contribution in [3.8, 4) is 0 Å². The number of anilines is 1. The second-order valence-corrected chi connectivity index (χ2v) is 5.16. The third-order valence-electron chi connectivity index (χ3n) is 3.83. The van der Waals surface area contributed by atoms with Crippen LogP contribution in [-0.2, 0) is 11.2 Å². The van der Waals surface area contributed by atoms with Crippen LogP contribution >= 0.6 is 0 Å². The molecule has 96 valence electrons. The van der Waals surface area contributed by atoms with Crippen molar-refractivity contribution in [2.45, 2.75) is 19.4 Å². The molecule has 0 bridgehead atoms. The number of nitrogens with zero attached hydrogens (tertiary/aromatic N) is 1. The number of carbonyl (C=O) groups is 1. The molecule has 1 aromatic rings. The van der Waals surface area contributed by atoms with Gasteiger partial charge in [-0.3, -0.25) is 9.69 Å². The van der Waals surface area contributed by atoms with Crippen molar-refractivity contribution in [3.05, 3.63) is 29.3 Å². The fourth-order valence-corrected chi connectivity index (χ4v) is 2.79. The van der Waals surface area contributed by atoms with Crippen molar-refractivity contribution in [3.63, 3.8) is 0 Å². The highest BCUT2D eigenvalue weighted by Crippen LogP contribution is 2.25. The van der Waals surface area contributed by atoms with Crippen molar-refractivity contribution >= 4 is 11.6 Å². The molecule has 4 nitrogen and oxygen atoms in total. The molecule has 1 saturated heterocycles. The SMILES string of the molecule is Cc1ccc2c(c1)NC(=O)C(N1CCNCC1)C2. The summed E-state index contributed by atoms with van der Waals surface area (Å²) in [5.41, 5.74) is 3.43. The van der Waals surface area contributed by atoms with Crippen LogP contribution in [0.3, 0.4) is 0 Å². The highest BCUT2D eigenvalue weighted by molar-refractivity contribution is 5.98. The van der Waals surface area contributed by atoms with E-state index < -0.39 is 0 Å². The minimum Gasteiger partial charge on any atom is -0.324 e. The molecule has 2 N–H and O–H groups in total. The Balaban J connectivity index is 1.82. The van der Waals surface area contributed by atoms with E-state index in [0.29, 0.717) is 0 Å². The van der Waals surface area contributed by atoms with Crippen LogP contribution in [0.15, 0.2) is 18.2 Å². The van der Waals surface area contributed by atoms with Gasteiger partial charge in [0.25, 0.3) is 0 Å². The average molecular weight is 245 g/mol. The van der Waals surface area contributed by atoms with Crippen LogP contribution in [0, 0.1) is 6.92 Å². The molecule has 0 radical (unpaired) electrons. The van der Waals surface area contributed by atoms with E-state index in [1.54, 1.807) is 0 Å². The quantitative estimate of drug-likeness (QED) is 0.768. The molecule has 0 saturated carbocycles. The summed E-state index contributed by atoms with van der Waals surface area (Å²) >= 11 is 0. The molecule has 1 unspecified atom stereocenters. The highest BCUT2D eigenvalue weighted by atomic mass is 16.2. The molecule has 0 aromatic heterocycles. The Bertz CT molecular complexity index is 466. The number of nitrogens with one attached hydrogen (secondary N) is 2. The predicted molar refractivity (Wildman–Crippen MR) is 71.7 cm³/mol. The number of benzene rings is 1. The van der Waals surface area contributed by atoms with Gasteiger partial charge in [0.1, 0.15) is 0 Å². The van der Waals surface area contributed by atoms with Gasteiger partial charge in [-0.05, 0) is 30.5 Å². The number of piperazine rings is 1. The number of aryl methyl sites for hydroxylation is 1. The van der Waals surface area contributed by atoms with Crippen molar-refractivity contribution in [1.82, 2.24) is 10.2 Å². The minimum atomic E-state index is 0.00214. The summed E-state index contributed by atoms with van der Waals surface area (Å²) in [6.45, 7) is 5.92. The number of fused-ring (bicyclic) bond motifs is 1. The number of hydrogen-bond donors (Lipinski definition) is 2. The lowest BCUT2D eigenvalue weighted by Gasteiger charge is -2.36. The molecule has 18 heavy (non-hydrogen) atoms. The number of rotatable bonds is 1. The van der Waals surface area contributed by atoms with Crippen LogP contribution in [0.25, 0.3) is 0 Å². The van der Waals surface area contributed by atoms with Crippen molar-refractivity contribution in [1.29, 1.82) is 0 Å². The molecule has 1 amide bonds. The molecule has 0 spiro atoms. The van der Waals surface area contributed by atoms with Gasteiger partial charge in [-0.25, -0.2) is 0 Å². The first-order valence-electron chi connectivity index (χ1n) is 6.59. The first kappa shape index (κ1) is 11.7. The van der Waals surface area contributed by atoms with Gasteiger partial charge < -0.3 is 10.6 Å². The summed E-state index contributed by atoms with van der Waals surface area (Å²) in [5, 5.41) is 6.37. The van der Waals surface area contributed by atoms with E-state index >= 15 is 0 Å². The van der Waals surface area contributed by atoms with Gasteiger partial charge in [0.05, 0.1) is 6.04 Å². The first-order valence-corrected chi connectivity index (χ1v) is 6.59. The van der Waals surface area contributed by atoms with Crippen molar-refractivity contribution < 1.29 is 4.79 Å². The summed E-state index contributed by atoms with van der Waals surface area (Å²) in [6.07, 6.45) is 0.835. The molecular formula is C14H19N3O. The third kappa shape index (κ3) is 2.13. The highest BCUT2D eigenvalue weighted by Gasteiger charge is 2.31. The molecule has 1 fully saturated rings. The average Bonchev–Trinajstić information content (AvgIpc) is 2.39. The zero-order chi connectivity index (χ0) is 12.5. The van der Waals surface area contributed by atoms with Crippen molar-refractivity contribution in [2.24, 2.45) is 0 Å². The molecule has 2 aliphatic heterocycles. The van der Waals surface area contributed by atoms with Crippen LogP contribution < -0.4 is 10.6 Å². The number of amides is 1. The maximum absolute atomic E-state index is 12.2. The fraction of sp³-hybridized carbons (Fsp3) is 0.500. The summed E-state index contributed by atoms with van der Waals surface area (Å²) in [7, 11) is 0. The molecular weight excluding hydrogens is 226 g/mol. The Morgan fingerprint density at radius 1 is 1.28 bits per heavy atom. The Kier molecular flexibility index (Phi) is 3.06. The standard InChI is InChI=1S/C14H19N3O/c1-10-2-3-11-9-13(14(18)16-12(11)8-10)17-6-4-15-5-7-17/h2-3,8,13,15H,4-7,9H2,1H3,(H,16,18). The van der Waals surface area contributed by atoms with E-state index in [2.05, 4.69) is 40.7 Å². The van der Waals surface area contributed by atoms with Crippen LogP contribution in [0.2, 0.25) is 0 Å². The topological polar surface area (TPSA) is 44.4 Å². The second kappa shape index (κ2) is 4.71. The van der Waals surface area contributed by atoms with E-state index in [1.165, 1.54) is 11.1 Å². The molecule has 1 atom stereocenters. The van der Waals surface area contributed by atoms with E-state index in [9.17, 15) is 4.79 Å². The van der Waals surface area contributed by atoms with Crippen LogP contribution in [-0.4, -0.2) is 43.0 Å². The third-order valence-corrected chi connectivity index (χ3v) is 3.83. The molecule has 3 rings (SSSR count). The maximum Gasteiger partial charge on any atom is 0.242 e. The second-order valence-electron chi connectivity index (χ2n) is 5.16. The zero-order valence-electron chi connectivity index (χ0n) is 10.7. The molecule has 0 aliphatic carbocycles. The molecule has 4 heteroatoms. The van der Waals surface area contributed by atoms with Gasteiger partial charge in [-0.2, -0.15) is 0 Å². The van der Waals surface area contributed by atoms with Gasteiger partial charge in [0, 0.05) is 31.9 Å². The summed E-state index contributed by atoms with van der Waals surface area (Å²) < 4.78 is 0. The normalized spacial score (nSPS) is 24.5. The van der Waals surface area contributed by atoms with Crippen LogP contribution in [0.4, 0.5) is 5.69 Å². The largest absolute Gasteiger partial charge is 0.324 e. The summed E-state index contributed by atoms with van der Waals surface area (Å²) in [6, 6.07) is 6.31. The Morgan fingerprint density at radius 2 is 2.06 bits per heavy atom. The predicted octanol–water partition coefficient (Wildman–Crippen LogP) is 0.763. The minimum absolute atomic E-state index is 0.00214. The van der Waals surface area contributed by atoms with Crippen LogP contribution in [0.1, 0.15) is 11.1 Å². The monoisotopic (exact) mass is 245 g/mol. The zero-order valence-corrected chi connectivity index (χ0v) is 10.7. The van der Waals surface area contributed by atoms with Gasteiger partial charge >= 0.3 is 0 Å². The van der Waals surface area contributed by atoms with E-state index in [0.717, 1.165) is 38.3 Å². The number of carbonyl (C=O) groups excluding carboxylic acids is 1. The Morgan fingerprint density at radius 3 is 2.83 bits per heavy atom. The molecule has 1 aromatic carbocycles. The van der Waals surface area contributed by atoms with E-state index in [4.69, 9.17) is 0 Å². The van der Waals surface area contributed by atoms with Gasteiger partial charge in [-0.15, -0.1) is 0 Å². The lowest BCUT2D eigenvalue weighted by atomic mass is 9.96. The lowest BCUT2D eigenvalue weighted by Crippen LogP contribution is -2.54. The summed E-state index contributed by atoms with van der Waals surface area (Å²) in [5.74, 6) is 0.148. The van der Waals surface area contributed by atoms with E-state index in [1.807, 2.05) is 0 Å². The Labute approximate surface area is 107 Å². The molecule has 2 heterocycles. The van der Waals surface area contributed by atoms with Gasteiger partial charge in [0.15, 0.2) is 0 Å². The molecule has 2 aliphatic rings. The van der Waals surface area contributed by atoms with Gasteiger partial charge in [0.2, 0.25) is 5.91 Å². The Hall–Kier alpha value is -1.39.